The first kappa shape index (κ1) is 22.5. The van der Waals surface area contributed by atoms with Gasteiger partial charge in [0.1, 0.15) is 11.4 Å². The number of aromatic nitrogens is 2. The molecule has 0 spiro atoms. The Balaban J connectivity index is 1.92. The van der Waals surface area contributed by atoms with Gasteiger partial charge in [-0.05, 0) is 24.3 Å². The molecular weight excluding hydrogens is 424 g/mol. The molecule has 164 valence electrons. The Labute approximate surface area is 183 Å². The second kappa shape index (κ2) is 10.3. The van der Waals surface area contributed by atoms with Crippen LogP contribution in [0.5, 0.6) is 5.75 Å². The van der Waals surface area contributed by atoms with E-state index in [4.69, 9.17) is 18.9 Å². The Morgan fingerprint density at radius 3 is 2.19 bits per heavy atom. The summed E-state index contributed by atoms with van der Waals surface area (Å²) in [7, 11) is 0. The van der Waals surface area contributed by atoms with Gasteiger partial charge >= 0.3 is 17.9 Å². The van der Waals surface area contributed by atoms with E-state index >= 15 is 0 Å². The second-order valence-electron chi connectivity index (χ2n) is 6.70. The first-order valence-corrected chi connectivity index (χ1v) is 10.6. The summed E-state index contributed by atoms with van der Waals surface area (Å²) in [4.78, 5) is 43.4. The molecule has 2 aromatic rings. The number of thioether (sulfide) groups is 1. The maximum atomic E-state index is 11.8. The highest BCUT2D eigenvalue weighted by molar-refractivity contribution is 7.99. The molecule has 0 saturated carbocycles. The van der Waals surface area contributed by atoms with Crippen molar-refractivity contribution < 1.29 is 33.3 Å². The van der Waals surface area contributed by atoms with E-state index in [0.29, 0.717) is 11.4 Å². The molecule has 4 atom stereocenters. The number of esters is 3. The van der Waals surface area contributed by atoms with E-state index in [9.17, 15) is 14.4 Å². The van der Waals surface area contributed by atoms with Gasteiger partial charge in [0.2, 0.25) is 0 Å². The summed E-state index contributed by atoms with van der Waals surface area (Å²) in [6.07, 6.45) is 2.12. The SMILES string of the molecule is CC(=O)O[C@@H]1[C@@H](OC(C)=O)[C@@H](Oc2cccnc2-c2ccncc2)SC[C@H]1OC(C)=O. The molecule has 0 bridgehead atoms. The van der Waals surface area contributed by atoms with E-state index in [0.717, 1.165) is 5.56 Å². The summed E-state index contributed by atoms with van der Waals surface area (Å²) in [5.41, 5.74) is 0.646. The van der Waals surface area contributed by atoms with Gasteiger partial charge in [0.25, 0.3) is 0 Å². The van der Waals surface area contributed by atoms with Crippen LogP contribution in [0.1, 0.15) is 20.8 Å². The molecule has 1 aliphatic heterocycles. The first-order valence-electron chi connectivity index (χ1n) is 9.50. The highest BCUT2D eigenvalue weighted by atomic mass is 32.2. The minimum Gasteiger partial charge on any atom is -0.473 e. The van der Waals surface area contributed by atoms with Gasteiger partial charge in [-0.3, -0.25) is 24.4 Å². The number of carbonyl (C=O) groups is 3. The van der Waals surface area contributed by atoms with Gasteiger partial charge in [0.15, 0.2) is 23.7 Å². The van der Waals surface area contributed by atoms with E-state index in [1.54, 1.807) is 42.9 Å². The van der Waals surface area contributed by atoms with Crippen molar-refractivity contribution in [1.29, 1.82) is 0 Å². The molecule has 31 heavy (non-hydrogen) atoms. The number of hydrogen-bond acceptors (Lipinski definition) is 10. The lowest BCUT2D eigenvalue weighted by Gasteiger charge is -2.40. The highest BCUT2D eigenvalue weighted by Gasteiger charge is 2.47. The summed E-state index contributed by atoms with van der Waals surface area (Å²) in [5, 5.41) is 0. The van der Waals surface area contributed by atoms with E-state index < -0.39 is 41.7 Å². The standard InChI is InChI=1S/C21H22N2O7S/c1-12(24)27-17-11-31-21(20(29-14(3)26)19(17)28-13(2)25)30-16-5-4-8-23-18(16)15-6-9-22-10-7-15/h4-10,17,19-21H,11H2,1-3H3/t17-,19+,20-,21+/m1/s1. The minimum absolute atomic E-state index is 0.283. The minimum atomic E-state index is -1.02. The predicted octanol–water partition coefficient (Wildman–Crippen LogP) is 2.39. The summed E-state index contributed by atoms with van der Waals surface area (Å²) in [6.45, 7) is 3.74. The van der Waals surface area contributed by atoms with E-state index in [1.165, 1.54) is 32.5 Å². The normalized spacial score (nSPS) is 22.8. The Kier molecular flexibility index (Phi) is 7.45. The van der Waals surface area contributed by atoms with Crippen LogP contribution in [0.3, 0.4) is 0 Å². The lowest BCUT2D eigenvalue weighted by molar-refractivity contribution is -0.186. The van der Waals surface area contributed by atoms with Crippen molar-refractivity contribution >= 4 is 29.7 Å². The van der Waals surface area contributed by atoms with Crippen LogP contribution in [0.25, 0.3) is 11.3 Å². The number of ether oxygens (including phenoxy) is 4. The zero-order chi connectivity index (χ0) is 22.4. The summed E-state index contributed by atoms with van der Waals surface area (Å²) < 4.78 is 22.3. The molecule has 0 aliphatic carbocycles. The Morgan fingerprint density at radius 2 is 1.55 bits per heavy atom. The van der Waals surface area contributed by atoms with Gasteiger partial charge in [-0.25, -0.2) is 0 Å². The van der Waals surface area contributed by atoms with Crippen molar-refractivity contribution in [2.24, 2.45) is 0 Å². The fraction of sp³-hybridized carbons (Fsp3) is 0.381. The van der Waals surface area contributed by atoms with Crippen molar-refractivity contribution in [3.63, 3.8) is 0 Å². The summed E-state index contributed by atoms with van der Waals surface area (Å²) in [5.74, 6) is -0.971. The van der Waals surface area contributed by atoms with Crippen LogP contribution in [-0.4, -0.2) is 57.4 Å². The molecule has 9 nitrogen and oxygen atoms in total. The van der Waals surface area contributed by atoms with Crippen LogP contribution in [0.15, 0.2) is 42.9 Å². The van der Waals surface area contributed by atoms with Crippen LogP contribution in [-0.2, 0) is 28.6 Å². The first-order chi connectivity index (χ1) is 14.8. The van der Waals surface area contributed by atoms with Crippen LogP contribution in [0.2, 0.25) is 0 Å². The molecule has 0 amide bonds. The molecule has 10 heteroatoms. The quantitative estimate of drug-likeness (QED) is 0.484. The lowest BCUT2D eigenvalue weighted by atomic mass is 10.1. The summed E-state index contributed by atoms with van der Waals surface area (Å²) in [6, 6.07) is 7.06. The van der Waals surface area contributed by atoms with Crippen molar-refractivity contribution in [3.8, 4) is 17.0 Å². The maximum Gasteiger partial charge on any atom is 0.303 e. The maximum absolute atomic E-state index is 11.8. The van der Waals surface area contributed by atoms with Gasteiger partial charge in [0, 0.05) is 50.7 Å². The predicted molar refractivity (Wildman–Crippen MR) is 111 cm³/mol. The van der Waals surface area contributed by atoms with Gasteiger partial charge in [-0.2, -0.15) is 0 Å². The fourth-order valence-corrected chi connectivity index (χ4v) is 4.36. The average molecular weight is 446 g/mol. The number of hydrogen-bond donors (Lipinski definition) is 0. The van der Waals surface area contributed by atoms with Gasteiger partial charge in [0.05, 0.1) is 0 Å². The lowest BCUT2D eigenvalue weighted by Crippen LogP contribution is -2.55. The van der Waals surface area contributed by atoms with Crippen LogP contribution >= 0.6 is 11.8 Å². The van der Waals surface area contributed by atoms with Crippen LogP contribution < -0.4 is 4.74 Å². The Bertz CT molecular complexity index is 940. The fourth-order valence-electron chi connectivity index (χ4n) is 3.15. The van der Waals surface area contributed by atoms with Crippen LogP contribution in [0.4, 0.5) is 0 Å². The third-order valence-corrected chi connectivity index (χ3v) is 5.49. The van der Waals surface area contributed by atoms with Gasteiger partial charge in [-0.15, -0.1) is 11.8 Å². The van der Waals surface area contributed by atoms with Crippen LogP contribution in [0, 0.1) is 0 Å². The number of pyridine rings is 2. The van der Waals surface area contributed by atoms with Crippen molar-refractivity contribution in [1.82, 2.24) is 9.97 Å². The smallest absolute Gasteiger partial charge is 0.303 e. The Morgan fingerprint density at radius 1 is 0.903 bits per heavy atom. The molecule has 1 fully saturated rings. The third-order valence-electron chi connectivity index (χ3n) is 4.27. The monoisotopic (exact) mass is 446 g/mol. The molecule has 0 aromatic carbocycles. The molecule has 0 radical (unpaired) electrons. The second-order valence-corrected chi connectivity index (χ2v) is 7.83. The molecule has 1 aliphatic rings. The largest absolute Gasteiger partial charge is 0.473 e. The van der Waals surface area contributed by atoms with Crippen molar-refractivity contribution in [2.75, 3.05) is 5.75 Å². The molecule has 0 N–H and O–H groups in total. The molecule has 1 saturated heterocycles. The average Bonchev–Trinajstić information content (AvgIpc) is 2.72. The van der Waals surface area contributed by atoms with Gasteiger partial charge < -0.3 is 18.9 Å². The topological polar surface area (TPSA) is 114 Å². The molecule has 2 aromatic heterocycles. The number of nitrogens with zero attached hydrogens (tertiary/aromatic N) is 2. The highest BCUT2D eigenvalue weighted by Crippen LogP contribution is 2.36. The molecule has 3 heterocycles. The van der Waals surface area contributed by atoms with E-state index in [-0.39, 0.29) is 5.75 Å². The Hall–Kier alpha value is -3.14. The van der Waals surface area contributed by atoms with Crippen molar-refractivity contribution in [3.05, 3.63) is 42.9 Å². The van der Waals surface area contributed by atoms with Gasteiger partial charge in [-0.1, -0.05) is 0 Å². The molecule has 0 unspecified atom stereocenters. The number of carbonyl (C=O) groups excluding carboxylic acids is 3. The summed E-state index contributed by atoms with van der Waals surface area (Å²) >= 11 is 1.28. The molecular formula is C21H22N2O7S. The number of rotatable bonds is 6. The zero-order valence-electron chi connectivity index (χ0n) is 17.2. The zero-order valence-corrected chi connectivity index (χ0v) is 18.0. The third kappa shape index (κ3) is 5.94. The molecule has 3 rings (SSSR count). The van der Waals surface area contributed by atoms with E-state index in [1.807, 2.05) is 0 Å². The van der Waals surface area contributed by atoms with E-state index in [2.05, 4.69) is 9.97 Å². The van der Waals surface area contributed by atoms with Crippen molar-refractivity contribution in [2.45, 2.75) is 44.5 Å².